The van der Waals surface area contributed by atoms with Crippen LogP contribution in [0.5, 0.6) is 0 Å². The molecular formula is C30H40ClN3O4. The minimum atomic E-state index is -0.912. The number of para-hydroxylation sites is 1. The van der Waals surface area contributed by atoms with Gasteiger partial charge >= 0.3 is 6.09 Å². The molecule has 1 saturated carbocycles. The van der Waals surface area contributed by atoms with Crippen molar-refractivity contribution in [2.24, 2.45) is 5.92 Å². The summed E-state index contributed by atoms with van der Waals surface area (Å²) in [5.41, 5.74) is 2.31. The summed E-state index contributed by atoms with van der Waals surface area (Å²) in [6, 6.07) is 11.1. The number of rotatable bonds is 8. The highest BCUT2D eigenvalue weighted by Crippen LogP contribution is 2.36. The molecule has 1 aliphatic carbocycles. The molecule has 3 amide bonds. The molecule has 2 atom stereocenters. The molecule has 1 aliphatic rings. The molecule has 3 rings (SSSR count). The second kappa shape index (κ2) is 12.2. The van der Waals surface area contributed by atoms with E-state index in [1.165, 1.54) is 0 Å². The second-order valence-corrected chi connectivity index (χ2v) is 11.8. The van der Waals surface area contributed by atoms with Crippen LogP contribution in [-0.4, -0.2) is 40.5 Å². The van der Waals surface area contributed by atoms with Gasteiger partial charge in [-0.1, -0.05) is 67.4 Å². The maximum absolute atomic E-state index is 14.3. The number of benzene rings is 2. The number of ether oxygens (including phenoxy) is 1. The Hall–Kier alpha value is -3.06. The van der Waals surface area contributed by atoms with Crippen molar-refractivity contribution in [1.29, 1.82) is 0 Å². The van der Waals surface area contributed by atoms with Gasteiger partial charge in [-0.05, 0) is 77.0 Å². The Morgan fingerprint density at radius 1 is 1.05 bits per heavy atom. The summed E-state index contributed by atoms with van der Waals surface area (Å²) in [6.45, 7) is 12.9. The largest absolute Gasteiger partial charge is 0.444 e. The van der Waals surface area contributed by atoms with Gasteiger partial charge in [0.1, 0.15) is 17.7 Å². The predicted molar refractivity (Wildman–Crippen MR) is 151 cm³/mol. The van der Waals surface area contributed by atoms with Crippen LogP contribution in [0.4, 0.5) is 10.5 Å². The van der Waals surface area contributed by atoms with Crippen molar-refractivity contribution in [3.05, 3.63) is 64.2 Å². The van der Waals surface area contributed by atoms with Gasteiger partial charge in [0.05, 0.1) is 10.7 Å². The number of anilines is 1. The molecule has 0 heterocycles. The summed E-state index contributed by atoms with van der Waals surface area (Å²) < 4.78 is 5.45. The third-order valence-electron chi connectivity index (χ3n) is 6.68. The average molecular weight is 542 g/mol. The molecule has 206 valence electrons. The highest BCUT2D eigenvalue weighted by Gasteiger charge is 2.43. The topological polar surface area (TPSA) is 87.7 Å². The van der Waals surface area contributed by atoms with Crippen molar-refractivity contribution in [3.8, 4) is 0 Å². The van der Waals surface area contributed by atoms with Gasteiger partial charge in [-0.2, -0.15) is 0 Å². The van der Waals surface area contributed by atoms with Gasteiger partial charge in [-0.15, -0.1) is 0 Å². The number of nitrogens with one attached hydrogen (secondary N) is 2. The highest BCUT2D eigenvalue weighted by molar-refractivity contribution is 6.34. The van der Waals surface area contributed by atoms with Crippen LogP contribution in [0.3, 0.4) is 0 Å². The highest BCUT2D eigenvalue weighted by atomic mass is 35.5. The monoisotopic (exact) mass is 541 g/mol. The summed E-state index contributed by atoms with van der Waals surface area (Å²) >= 11 is 6.44. The minimum absolute atomic E-state index is 0.132. The van der Waals surface area contributed by atoms with Gasteiger partial charge in [0.25, 0.3) is 5.91 Å². The van der Waals surface area contributed by atoms with E-state index in [0.29, 0.717) is 16.3 Å². The summed E-state index contributed by atoms with van der Waals surface area (Å²) in [5.74, 6) is -0.899. The molecule has 2 unspecified atom stereocenters. The van der Waals surface area contributed by atoms with Crippen molar-refractivity contribution < 1.29 is 19.1 Å². The van der Waals surface area contributed by atoms with Crippen molar-refractivity contribution in [3.63, 3.8) is 0 Å². The zero-order chi connectivity index (χ0) is 28.2. The number of hydrogen-bond acceptors (Lipinski definition) is 4. The van der Waals surface area contributed by atoms with Crippen molar-refractivity contribution in [1.82, 2.24) is 10.2 Å². The lowest BCUT2D eigenvalue weighted by molar-refractivity contribution is -0.146. The van der Waals surface area contributed by atoms with Crippen LogP contribution >= 0.6 is 11.6 Å². The van der Waals surface area contributed by atoms with E-state index in [-0.39, 0.29) is 23.8 Å². The van der Waals surface area contributed by atoms with Gasteiger partial charge in [-0.3, -0.25) is 9.59 Å². The molecule has 0 spiro atoms. The van der Waals surface area contributed by atoms with Gasteiger partial charge in [-0.25, -0.2) is 4.79 Å². The number of carbonyl (C=O) groups is 3. The molecule has 38 heavy (non-hydrogen) atoms. The Labute approximate surface area is 231 Å². The lowest BCUT2D eigenvalue weighted by Crippen LogP contribution is -2.58. The zero-order valence-electron chi connectivity index (χ0n) is 23.4. The van der Waals surface area contributed by atoms with Crippen LogP contribution in [0.2, 0.25) is 5.02 Å². The first kappa shape index (κ1) is 29.5. The summed E-state index contributed by atoms with van der Waals surface area (Å²) in [4.78, 5) is 42.7. The van der Waals surface area contributed by atoms with Crippen LogP contribution < -0.4 is 10.6 Å². The molecular weight excluding hydrogens is 502 g/mol. The normalized spacial score (nSPS) is 15.3. The zero-order valence-corrected chi connectivity index (χ0v) is 24.2. The van der Waals surface area contributed by atoms with E-state index in [4.69, 9.17) is 16.3 Å². The van der Waals surface area contributed by atoms with E-state index in [2.05, 4.69) is 10.6 Å². The van der Waals surface area contributed by atoms with Gasteiger partial charge in [0.15, 0.2) is 0 Å². The Kier molecular flexibility index (Phi) is 9.47. The molecule has 0 aliphatic heterocycles. The molecule has 0 bridgehead atoms. The SMILES string of the molecule is Cc1cccc(C(C(=O)Nc2c(C)cccc2Cl)N(C(=O)C(NC(=O)OC(C)(C)C)C(C)C)C2CCC2)c1. The average Bonchev–Trinajstić information content (AvgIpc) is 2.76. The summed E-state index contributed by atoms with van der Waals surface area (Å²) in [5, 5.41) is 6.20. The number of carbonyl (C=O) groups excluding carboxylic acids is 3. The van der Waals surface area contributed by atoms with Gasteiger partial charge in [0.2, 0.25) is 5.91 Å². The first-order chi connectivity index (χ1) is 17.8. The third-order valence-corrected chi connectivity index (χ3v) is 7.00. The Morgan fingerprint density at radius 3 is 2.24 bits per heavy atom. The van der Waals surface area contributed by atoms with Crippen molar-refractivity contribution in [2.75, 3.05) is 5.32 Å². The lowest BCUT2D eigenvalue weighted by Gasteiger charge is -2.44. The third kappa shape index (κ3) is 7.28. The fraction of sp³-hybridized carbons (Fsp3) is 0.500. The smallest absolute Gasteiger partial charge is 0.408 e. The number of nitrogens with zero attached hydrogens (tertiary/aromatic N) is 1. The van der Waals surface area contributed by atoms with E-state index in [1.54, 1.807) is 31.7 Å². The first-order valence-corrected chi connectivity index (χ1v) is 13.6. The number of alkyl carbamates (subject to hydrolysis) is 1. The fourth-order valence-corrected chi connectivity index (χ4v) is 4.82. The number of amides is 3. The van der Waals surface area contributed by atoms with E-state index in [1.807, 2.05) is 64.1 Å². The maximum Gasteiger partial charge on any atom is 0.408 e. The molecule has 2 aromatic rings. The van der Waals surface area contributed by atoms with E-state index in [0.717, 1.165) is 30.4 Å². The fourth-order valence-electron chi connectivity index (χ4n) is 4.55. The van der Waals surface area contributed by atoms with Gasteiger partial charge in [0, 0.05) is 6.04 Å². The summed E-state index contributed by atoms with van der Waals surface area (Å²) in [6.07, 6.45) is 1.86. The maximum atomic E-state index is 14.3. The van der Waals surface area contributed by atoms with Gasteiger partial charge < -0.3 is 20.3 Å². The van der Waals surface area contributed by atoms with Crippen LogP contribution in [0, 0.1) is 19.8 Å². The Balaban J connectivity index is 2.05. The lowest BCUT2D eigenvalue weighted by atomic mass is 9.87. The van der Waals surface area contributed by atoms with E-state index >= 15 is 0 Å². The predicted octanol–water partition coefficient (Wildman–Crippen LogP) is 6.57. The van der Waals surface area contributed by atoms with Crippen LogP contribution in [0.1, 0.15) is 76.6 Å². The van der Waals surface area contributed by atoms with Crippen LogP contribution in [0.25, 0.3) is 0 Å². The Bertz CT molecular complexity index is 1150. The molecule has 2 N–H and O–H groups in total. The van der Waals surface area contributed by atoms with Crippen molar-refractivity contribution in [2.45, 2.75) is 91.5 Å². The molecule has 0 radical (unpaired) electrons. The number of halogens is 1. The standard InChI is InChI=1S/C30H40ClN3O4/c1-18(2)24(33-29(37)38-30(5,6)7)28(36)34(22-14-10-15-22)26(21-13-8-11-19(3)17-21)27(35)32-25-20(4)12-9-16-23(25)31/h8-9,11-13,16-18,22,24,26H,10,14-15H2,1-7H3,(H,32,35)(H,33,37). The number of aryl methyl sites for hydroxylation is 2. The quantitative estimate of drug-likeness (QED) is 0.396. The van der Waals surface area contributed by atoms with Crippen LogP contribution in [-0.2, 0) is 14.3 Å². The molecule has 0 saturated heterocycles. The first-order valence-electron chi connectivity index (χ1n) is 13.2. The molecule has 1 fully saturated rings. The summed E-state index contributed by atoms with van der Waals surface area (Å²) in [7, 11) is 0. The minimum Gasteiger partial charge on any atom is -0.444 e. The van der Waals surface area contributed by atoms with E-state index < -0.39 is 23.8 Å². The second-order valence-electron chi connectivity index (χ2n) is 11.4. The Morgan fingerprint density at radius 2 is 1.71 bits per heavy atom. The molecule has 7 nitrogen and oxygen atoms in total. The van der Waals surface area contributed by atoms with E-state index in [9.17, 15) is 14.4 Å². The molecule has 2 aromatic carbocycles. The molecule has 0 aromatic heterocycles. The molecule has 8 heteroatoms. The van der Waals surface area contributed by atoms with Crippen LogP contribution in [0.15, 0.2) is 42.5 Å². The van der Waals surface area contributed by atoms with Crippen molar-refractivity contribution >= 4 is 35.2 Å². The number of hydrogen-bond donors (Lipinski definition) is 2.